The first-order chi connectivity index (χ1) is 8.31. The van der Waals surface area contributed by atoms with Crippen LogP contribution in [0.2, 0.25) is 5.02 Å². The van der Waals surface area contributed by atoms with Crippen molar-refractivity contribution in [1.29, 1.82) is 0 Å². The van der Waals surface area contributed by atoms with Crippen molar-refractivity contribution in [2.45, 2.75) is 23.6 Å². The molecule has 0 bridgehead atoms. The average Bonchev–Trinajstić information content (AvgIpc) is 2.30. The third-order valence-corrected chi connectivity index (χ3v) is 5.67. The summed E-state index contributed by atoms with van der Waals surface area (Å²) >= 11 is 11.6. The molecule has 100 valence electrons. The van der Waals surface area contributed by atoms with Gasteiger partial charge < -0.3 is 0 Å². The van der Waals surface area contributed by atoms with Gasteiger partial charge in [-0.15, -0.1) is 0 Å². The van der Waals surface area contributed by atoms with Crippen LogP contribution in [0.3, 0.4) is 0 Å². The first-order valence-electron chi connectivity index (χ1n) is 5.06. The van der Waals surface area contributed by atoms with Gasteiger partial charge >= 0.3 is 0 Å². The van der Waals surface area contributed by atoms with Gasteiger partial charge in [0, 0.05) is 12.0 Å². The van der Waals surface area contributed by atoms with Crippen LogP contribution in [0, 0.1) is 6.92 Å². The first kappa shape index (κ1) is 15.8. The van der Waals surface area contributed by atoms with E-state index in [1.807, 2.05) is 0 Å². The smallest absolute Gasteiger partial charge is 0.253 e. The number of halogens is 2. The fourth-order valence-electron chi connectivity index (χ4n) is 1.53. The molecule has 1 rings (SSSR count). The molecule has 0 N–H and O–H groups in total. The Bertz CT molecular complexity index is 556. The lowest BCUT2D eigenvalue weighted by atomic mass is 10.1. The van der Waals surface area contributed by atoms with Crippen molar-refractivity contribution in [2.75, 3.05) is 12.0 Å². The minimum Gasteiger partial charge on any atom is -0.276 e. The van der Waals surface area contributed by atoms with E-state index in [2.05, 4.69) is 0 Å². The molecule has 0 aliphatic carbocycles. The number of hydrogen-bond donors (Lipinski definition) is 0. The van der Waals surface area contributed by atoms with Crippen LogP contribution in [0.4, 0.5) is 0 Å². The Morgan fingerprint density at radius 1 is 1.33 bits per heavy atom. The third kappa shape index (κ3) is 3.02. The molecule has 0 aliphatic heterocycles. The molecule has 0 saturated heterocycles. The number of aryl methyl sites for hydroxylation is 1. The highest BCUT2D eigenvalue weighted by Crippen LogP contribution is 2.33. The highest BCUT2D eigenvalue weighted by atomic mass is 35.5. The summed E-state index contributed by atoms with van der Waals surface area (Å²) in [6.45, 7) is 3.41. The number of hydrogen-bond acceptors (Lipinski definition) is 3. The maximum atomic E-state index is 12.0. The molecule has 0 saturated carbocycles. The van der Waals surface area contributed by atoms with Crippen molar-refractivity contribution in [3.63, 3.8) is 0 Å². The SMILES string of the molecule is CCS(=O)c1c(Cl)c(C)cc(C(=O)Cl)c1S(C)=O. The molecule has 0 amide bonds. The average molecular weight is 327 g/mol. The van der Waals surface area contributed by atoms with E-state index in [4.69, 9.17) is 23.2 Å². The third-order valence-electron chi connectivity index (χ3n) is 2.35. The molecule has 0 aliphatic rings. The summed E-state index contributed by atoms with van der Waals surface area (Å²) in [4.78, 5) is 11.8. The van der Waals surface area contributed by atoms with E-state index in [-0.39, 0.29) is 20.4 Å². The molecule has 0 fully saturated rings. The molecule has 18 heavy (non-hydrogen) atoms. The van der Waals surface area contributed by atoms with E-state index in [1.54, 1.807) is 13.8 Å². The van der Waals surface area contributed by atoms with Gasteiger partial charge in [-0.2, -0.15) is 0 Å². The lowest BCUT2D eigenvalue weighted by Gasteiger charge is -2.13. The highest BCUT2D eigenvalue weighted by Gasteiger charge is 2.24. The minimum atomic E-state index is -1.50. The fourth-order valence-corrected chi connectivity index (χ4v) is 4.62. The summed E-state index contributed by atoms with van der Waals surface area (Å²) < 4.78 is 23.8. The number of benzene rings is 1. The first-order valence-corrected chi connectivity index (χ1v) is 8.69. The Morgan fingerprint density at radius 3 is 2.28 bits per heavy atom. The Labute approximate surface area is 121 Å². The van der Waals surface area contributed by atoms with Crippen LogP contribution in [-0.4, -0.2) is 25.7 Å². The molecular weight excluding hydrogens is 315 g/mol. The van der Waals surface area contributed by atoms with Crippen molar-refractivity contribution in [2.24, 2.45) is 0 Å². The number of carbonyl (C=O) groups excluding carboxylic acids is 1. The molecule has 1 aromatic carbocycles. The summed E-state index contributed by atoms with van der Waals surface area (Å²) in [7, 11) is -2.90. The highest BCUT2D eigenvalue weighted by molar-refractivity contribution is 7.88. The van der Waals surface area contributed by atoms with Crippen LogP contribution in [0.1, 0.15) is 22.8 Å². The molecule has 0 radical (unpaired) electrons. The molecule has 2 unspecified atom stereocenters. The quantitative estimate of drug-likeness (QED) is 0.799. The van der Waals surface area contributed by atoms with Gasteiger partial charge in [0.1, 0.15) is 0 Å². The maximum Gasteiger partial charge on any atom is 0.253 e. The van der Waals surface area contributed by atoms with Crippen LogP contribution in [-0.2, 0) is 21.6 Å². The number of rotatable bonds is 4. The second kappa shape index (κ2) is 6.28. The Hall–Kier alpha value is -0.230. The zero-order chi connectivity index (χ0) is 14.0. The van der Waals surface area contributed by atoms with Crippen LogP contribution in [0.5, 0.6) is 0 Å². The van der Waals surface area contributed by atoms with Gasteiger partial charge in [-0.25, -0.2) is 0 Å². The van der Waals surface area contributed by atoms with Gasteiger partial charge in [-0.05, 0) is 30.2 Å². The zero-order valence-electron chi connectivity index (χ0n) is 10.1. The van der Waals surface area contributed by atoms with Gasteiger partial charge in [0.05, 0.1) is 42.0 Å². The molecule has 7 heteroatoms. The van der Waals surface area contributed by atoms with E-state index in [1.165, 1.54) is 12.3 Å². The normalized spacial score (nSPS) is 14.3. The largest absolute Gasteiger partial charge is 0.276 e. The molecule has 0 aromatic heterocycles. The summed E-state index contributed by atoms with van der Waals surface area (Å²) in [5.74, 6) is 0.323. The van der Waals surface area contributed by atoms with Crippen molar-refractivity contribution in [3.05, 3.63) is 22.2 Å². The Kier molecular flexibility index (Phi) is 5.52. The molecule has 3 nitrogen and oxygen atoms in total. The van der Waals surface area contributed by atoms with E-state index in [0.717, 1.165) is 0 Å². The monoisotopic (exact) mass is 326 g/mol. The lowest BCUT2D eigenvalue weighted by molar-refractivity contribution is 0.107. The van der Waals surface area contributed by atoms with Crippen molar-refractivity contribution in [1.82, 2.24) is 0 Å². The zero-order valence-corrected chi connectivity index (χ0v) is 13.2. The summed E-state index contributed by atoms with van der Waals surface area (Å²) in [5.41, 5.74) is 0.697. The van der Waals surface area contributed by atoms with Gasteiger partial charge in [0.2, 0.25) is 0 Å². The lowest BCUT2D eigenvalue weighted by Crippen LogP contribution is -2.09. The maximum absolute atomic E-state index is 12.0. The van der Waals surface area contributed by atoms with Gasteiger partial charge in [0.25, 0.3) is 5.24 Å². The second-order valence-electron chi connectivity index (χ2n) is 3.58. The van der Waals surface area contributed by atoms with Crippen LogP contribution in [0.15, 0.2) is 15.9 Å². The topological polar surface area (TPSA) is 51.2 Å². The standard InChI is InChI=1S/C11H12Cl2O3S2/c1-4-18(16)10-8(12)6(2)5-7(11(13)14)9(10)17(3)15/h5H,4H2,1-3H3. The molecular formula is C11H12Cl2O3S2. The van der Waals surface area contributed by atoms with E-state index >= 15 is 0 Å². The van der Waals surface area contributed by atoms with Crippen molar-refractivity contribution < 1.29 is 13.2 Å². The van der Waals surface area contributed by atoms with Gasteiger partial charge in [0.15, 0.2) is 0 Å². The van der Waals surface area contributed by atoms with Gasteiger partial charge in [-0.3, -0.25) is 13.2 Å². The van der Waals surface area contributed by atoms with Gasteiger partial charge in [-0.1, -0.05) is 18.5 Å². The Morgan fingerprint density at radius 2 is 1.89 bits per heavy atom. The van der Waals surface area contributed by atoms with Crippen molar-refractivity contribution >= 4 is 50.0 Å². The van der Waals surface area contributed by atoms with Crippen LogP contribution >= 0.6 is 23.2 Å². The number of carbonyl (C=O) groups is 1. The summed E-state index contributed by atoms with van der Waals surface area (Å²) in [6, 6.07) is 1.48. The predicted molar refractivity (Wildman–Crippen MR) is 75.7 cm³/mol. The van der Waals surface area contributed by atoms with E-state index in [9.17, 15) is 13.2 Å². The fraction of sp³-hybridized carbons (Fsp3) is 0.364. The molecule has 0 heterocycles. The van der Waals surface area contributed by atoms with E-state index in [0.29, 0.717) is 11.3 Å². The second-order valence-corrected chi connectivity index (χ2v) is 7.29. The molecule has 0 spiro atoms. The summed E-state index contributed by atoms with van der Waals surface area (Å²) in [6.07, 6.45) is 1.40. The minimum absolute atomic E-state index is 0.108. The molecule has 1 aromatic rings. The van der Waals surface area contributed by atoms with Crippen LogP contribution in [0.25, 0.3) is 0 Å². The summed E-state index contributed by atoms with van der Waals surface area (Å²) in [5, 5.41) is -0.448. The van der Waals surface area contributed by atoms with E-state index < -0.39 is 26.8 Å². The van der Waals surface area contributed by atoms with Crippen LogP contribution < -0.4 is 0 Å². The predicted octanol–water partition coefficient (Wildman–Crippen LogP) is 2.89. The molecule has 2 atom stereocenters. The Balaban J connectivity index is 3.80. The van der Waals surface area contributed by atoms with Crippen molar-refractivity contribution in [3.8, 4) is 0 Å².